The molecule has 2 aliphatic rings. The van der Waals surface area contributed by atoms with E-state index >= 15 is 0 Å². The second-order valence-electron chi connectivity index (χ2n) is 6.19. The Balaban J connectivity index is 2.19. The largest absolute Gasteiger partial charge is 0.486 e. The molecule has 0 amide bonds. The standard InChI is InChI=1S/C16H22BrNO2/c1-10(2)13-11(16(18)5-3-4-6-16)9-12-15(14(13)17)20-8-7-19-12/h9-10H,3-8,18H2,1-2H3. The van der Waals surface area contributed by atoms with Crippen LogP contribution < -0.4 is 15.2 Å². The van der Waals surface area contributed by atoms with E-state index in [1.54, 1.807) is 0 Å². The molecule has 3 rings (SSSR count). The van der Waals surface area contributed by atoms with Crippen molar-refractivity contribution in [3.8, 4) is 11.5 Å². The number of nitrogens with two attached hydrogens (primary N) is 1. The molecule has 1 aromatic carbocycles. The van der Waals surface area contributed by atoms with E-state index in [9.17, 15) is 0 Å². The third-order valence-corrected chi connectivity index (χ3v) is 5.21. The minimum Gasteiger partial charge on any atom is -0.486 e. The molecule has 4 heteroatoms. The molecule has 1 heterocycles. The van der Waals surface area contributed by atoms with Gasteiger partial charge in [-0.25, -0.2) is 0 Å². The first-order chi connectivity index (χ1) is 9.53. The first-order valence-electron chi connectivity index (χ1n) is 7.44. The van der Waals surface area contributed by atoms with Gasteiger partial charge in [-0.3, -0.25) is 0 Å². The molecule has 0 aromatic heterocycles. The number of benzene rings is 1. The summed E-state index contributed by atoms with van der Waals surface area (Å²) in [6.07, 6.45) is 4.53. The smallest absolute Gasteiger partial charge is 0.175 e. The highest BCUT2D eigenvalue weighted by Crippen LogP contribution is 2.49. The first-order valence-corrected chi connectivity index (χ1v) is 8.23. The van der Waals surface area contributed by atoms with Crippen molar-refractivity contribution in [2.75, 3.05) is 13.2 Å². The maximum absolute atomic E-state index is 6.70. The fourth-order valence-electron chi connectivity index (χ4n) is 3.41. The van der Waals surface area contributed by atoms with Crippen molar-refractivity contribution >= 4 is 15.9 Å². The summed E-state index contributed by atoms with van der Waals surface area (Å²) < 4.78 is 12.6. The summed E-state index contributed by atoms with van der Waals surface area (Å²) in [5, 5.41) is 0. The number of hydrogen-bond donors (Lipinski definition) is 1. The van der Waals surface area contributed by atoms with E-state index in [1.165, 1.54) is 24.0 Å². The topological polar surface area (TPSA) is 44.5 Å². The molecule has 0 unspecified atom stereocenters. The number of hydrogen-bond acceptors (Lipinski definition) is 3. The average molecular weight is 340 g/mol. The fraction of sp³-hybridized carbons (Fsp3) is 0.625. The minimum atomic E-state index is -0.210. The molecule has 110 valence electrons. The van der Waals surface area contributed by atoms with Crippen LogP contribution in [0.4, 0.5) is 0 Å². The number of rotatable bonds is 2. The van der Waals surface area contributed by atoms with Crippen molar-refractivity contribution in [1.82, 2.24) is 0 Å². The number of ether oxygens (including phenoxy) is 2. The van der Waals surface area contributed by atoms with Crippen LogP contribution in [0.25, 0.3) is 0 Å². The molecule has 0 spiro atoms. The number of halogens is 1. The maximum atomic E-state index is 6.70. The second-order valence-corrected chi connectivity index (χ2v) is 6.99. The molecule has 1 aliphatic heterocycles. The Morgan fingerprint density at radius 1 is 1.20 bits per heavy atom. The summed E-state index contributed by atoms with van der Waals surface area (Å²) in [5.41, 5.74) is 9.01. The second kappa shape index (κ2) is 5.23. The highest BCUT2D eigenvalue weighted by molar-refractivity contribution is 9.10. The van der Waals surface area contributed by atoms with Crippen LogP contribution in [0.3, 0.4) is 0 Å². The van der Waals surface area contributed by atoms with Crippen LogP contribution in [0, 0.1) is 0 Å². The lowest BCUT2D eigenvalue weighted by molar-refractivity contribution is 0.169. The summed E-state index contributed by atoms with van der Waals surface area (Å²) in [5.74, 6) is 2.07. The van der Waals surface area contributed by atoms with Gasteiger partial charge in [-0.15, -0.1) is 0 Å². The molecule has 0 saturated heterocycles. The first kappa shape index (κ1) is 14.2. The predicted octanol–water partition coefficient (Wildman–Crippen LogP) is 4.07. The van der Waals surface area contributed by atoms with Crippen molar-refractivity contribution in [2.24, 2.45) is 5.73 Å². The van der Waals surface area contributed by atoms with Crippen LogP contribution in [0.5, 0.6) is 11.5 Å². The average Bonchev–Trinajstić information content (AvgIpc) is 2.86. The lowest BCUT2D eigenvalue weighted by atomic mass is 9.82. The van der Waals surface area contributed by atoms with Crippen molar-refractivity contribution in [3.63, 3.8) is 0 Å². The maximum Gasteiger partial charge on any atom is 0.175 e. The van der Waals surface area contributed by atoms with Crippen LogP contribution in [0.2, 0.25) is 0 Å². The summed E-state index contributed by atoms with van der Waals surface area (Å²) >= 11 is 3.73. The molecule has 1 aromatic rings. The van der Waals surface area contributed by atoms with Gasteiger partial charge in [-0.1, -0.05) is 26.7 Å². The van der Waals surface area contributed by atoms with Crippen LogP contribution in [-0.2, 0) is 5.54 Å². The number of fused-ring (bicyclic) bond motifs is 1. The van der Waals surface area contributed by atoms with E-state index in [-0.39, 0.29) is 5.54 Å². The zero-order chi connectivity index (χ0) is 14.3. The van der Waals surface area contributed by atoms with Crippen molar-refractivity contribution in [3.05, 3.63) is 21.7 Å². The third-order valence-electron chi connectivity index (χ3n) is 4.42. The molecule has 20 heavy (non-hydrogen) atoms. The SMILES string of the molecule is CC(C)c1c(C2(N)CCCC2)cc2c(c1Br)OCCO2. The van der Waals surface area contributed by atoms with Gasteiger partial charge < -0.3 is 15.2 Å². The van der Waals surface area contributed by atoms with Gasteiger partial charge in [0.15, 0.2) is 11.5 Å². The van der Waals surface area contributed by atoms with Gasteiger partial charge in [0.05, 0.1) is 4.47 Å². The quantitative estimate of drug-likeness (QED) is 0.883. The minimum absolute atomic E-state index is 0.210. The molecule has 0 bridgehead atoms. The summed E-state index contributed by atoms with van der Waals surface area (Å²) in [4.78, 5) is 0. The monoisotopic (exact) mass is 339 g/mol. The molecule has 1 aliphatic carbocycles. The highest BCUT2D eigenvalue weighted by atomic mass is 79.9. The van der Waals surface area contributed by atoms with E-state index in [4.69, 9.17) is 15.2 Å². The molecule has 1 saturated carbocycles. The fourth-order valence-corrected chi connectivity index (χ4v) is 4.39. The van der Waals surface area contributed by atoms with Crippen LogP contribution in [0.1, 0.15) is 56.6 Å². The zero-order valence-electron chi connectivity index (χ0n) is 12.2. The normalized spacial score (nSPS) is 20.4. The Kier molecular flexibility index (Phi) is 3.71. The van der Waals surface area contributed by atoms with E-state index in [0.717, 1.165) is 28.8 Å². The van der Waals surface area contributed by atoms with Crippen molar-refractivity contribution in [2.45, 2.75) is 51.0 Å². The molecular weight excluding hydrogens is 318 g/mol. The molecule has 3 nitrogen and oxygen atoms in total. The Bertz CT molecular complexity index is 522. The molecule has 1 fully saturated rings. The summed E-state index contributed by atoms with van der Waals surface area (Å²) in [7, 11) is 0. The van der Waals surface area contributed by atoms with Gasteiger partial charge in [0.25, 0.3) is 0 Å². The van der Waals surface area contributed by atoms with E-state index < -0.39 is 0 Å². The summed E-state index contributed by atoms with van der Waals surface area (Å²) in [6, 6.07) is 2.12. The zero-order valence-corrected chi connectivity index (χ0v) is 13.8. The molecular formula is C16H22BrNO2. The van der Waals surface area contributed by atoms with Crippen LogP contribution in [0.15, 0.2) is 10.5 Å². The lowest BCUT2D eigenvalue weighted by Crippen LogP contribution is -2.35. The van der Waals surface area contributed by atoms with Crippen LogP contribution in [-0.4, -0.2) is 13.2 Å². The predicted molar refractivity (Wildman–Crippen MR) is 83.6 cm³/mol. The van der Waals surface area contributed by atoms with Crippen molar-refractivity contribution in [1.29, 1.82) is 0 Å². The Labute approximate surface area is 129 Å². The molecule has 0 atom stereocenters. The van der Waals surface area contributed by atoms with Crippen LogP contribution >= 0.6 is 15.9 Å². The van der Waals surface area contributed by atoms with Gasteiger partial charge >= 0.3 is 0 Å². The van der Waals surface area contributed by atoms with Gasteiger partial charge in [0.1, 0.15) is 13.2 Å². The van der Waals surface area contributed by atoms with Gasteiger partial charge in [-0.05, 0) is 51.9 Å². The van der Waals surface area contributed by atoms with E-state index in [1.807, 2.05) is 0 Å². The molecule has 0 radical (unpaired) electrons. The van der Waals surface area contributed by atoms with E-state index in [0.29, 0.717) is 19.1 Å². The lowest BCUT2D eigenvalue weighted by Gasteiger charge is -2.32. The van der Waals surface area contributed by atoms with Crippen molar-refractivity contribution < 1.29 is 9.47 Å². The van der Waals surface area contributed by atoms with Gasteiger partial charge in [0, 0.05) is 5.54 Å². The molecule has 2 N–H and O–H groups in total. The summed E-state index contributed by atoms with van der Waals surface area (Å²) in [6.45, 7) is 5.63. The van der Waals surface area contributed by atoms with Gasteiger partial charge in [0.2, 0.25) is 0 Å². The van der Waals surface area contributed by atoms with Gasteiger partial charge in [-0.2, -0.15) is 0 Å². The Hall–Kier alpha value is -0.740. The highest BCUT2D eigenvalue weighted by Gasteiger charge is 2.36. The van der Waals surface area contributed by atoms with E-state index in [2.05, 4.69) is 35.8 Å². The third kappa shape index (κ3) is 2.23. The Morgan fingerprint density at radius 2 is 1.85 bits per heavy atom. The Morgan fingerprint density at radius 3 is 2.50 bits per heavy atom.